The van der Waals surface area contributed by atoms with Crippen molar-refractivity contribution in [1.29, 1.82) is 0 Å². The average molecular weight is 236 g/mol. The molecule has 2 saturated carbocycles. The molecule has 2 nitrogen and oxygen atoms in total. The molecule has 0 aromatic rings. The molecule has 17 heavy (non-hydrogen) atoms. The second-order valence-corrected chi connectivity index (χ2v) is 5.88. The molecule has 0 saturated heterocycles. The molecule has 2 atom stereocenters. The molecular weight excluding hydrogens is 212 g/mol. The van der Waals surface area contributed by atoms with Crippen molar-refractivity contribution < 1.29 is 9.53 Å². The average Bonchev–Trinajstić information content (AvgIpc) is 2.28. The summed E-state index contributed by atoms with van der Waals surface area (Å²) >= 11 is 0. The molecule has 2 heteroatoms. The third-order valence-corrected chi connectivity index (χ3v) is 5.03. The van der Waals surface area contributed by atoms with Crippen molar-refractivity contribution in [3.8, 4) is 0 Å². The first-order chi connectivity index (χ1) is 8.10. The number of fused-ring (bicyclic) bond motifs is 2. The van der Waals surface area contributed by atoms with Crippen molar-refractivity contribution in [2.24, 2.45) is 17.8 Å². The van der Waals surface area contributed by atoms with Crippen molar-refractivity contribution in [2.75, 3.05) is 0 Å². The van der Waals surface area contributed by atoms with Crippen LogP contribution in [0.5, 0.6) is 0 Å². The molecule has 2 rings (SSSR count). The van der Waals surface area contributed by atoms with Crippen LogP contribution in [0.3, 0.4) is 0 Å². The SMILES string of the molecule is C=CC(=O)OC1(C)C2CCCC1CC(CC)C2. The van der Waals surface area contributed by atoms with E-state index in [-0.39, 0.29) is 11.6 Å². The molecule has 2 bridgehead atoms. The van der Waals surface area contributed by atoms with Gasteiger partial charge in [-0.3, -0.25) is 0 Å². The fourth-order valence-corrected chi connectivity index (χ4v) is 3.88. The van der Waals surface area contributed by atoms with Gasteiger partial charge in [0.25, 0.3) is 0 Å². The second kappa shape index (κ2) is 4.83. The number of hydrogen-bond donors (Lipinski definition) is 0. The molecule has 0 N–H and O–H groups in total. The quantitative estimate of drug-likeness (QED) is 0.551. The lowest BCUT2D eigenvalue weighted by molar-refractivity contribution is -0.182. The van der Waals surface area contributed by atoms with Gasteiger partial charge in [-0.25, -0.2) is 4.79 Å². The molecule has 0 heterocycles. The van der Waals surface area contributed by atoms with Crippen LogP contribution in [0, 0.1) is 17.8 Å². The molecule has 0 aromatic heterocycles. The summed E-state index contributed by atoms with van der Waals surface area (Å²) in [6, 6.07) is 0. The van der Waals surface area contributed by atoms with Gasteiger partial charge in [-0.15, -0.1) is 0 Å². The van der Waals surface area contributed by atoms with Crippen molar-refractivity contribution in [3.63, 3.8) is 0 Å². The summed E-state index contributed by atoms with van der Waals surface area (Å²) in [7, 11) is 0. The van der Waals surface area contributed by atoms with E-state index in [2.05, 4.69) is 20.4 Å². The minimum Gasteiger partial charge on any atom is -0.456 e. The zero-order valence-electron chi connectivity index (χ0n) is 11.1. The van der Waals surface area contributed by atoms with E-state index >= 15 is 0 Å². The summed E-state index contributed by atoms with van der Waals surface area (Å²) in [6.45, 7) is 7.93. The molecule has 0 spiro atoms. The van der Waals surface area contributed by atoms with E-state index < -0.39 is 0 Å². The van der Waals surface area contributed by atoms with Gasteiger partial charge in [-0.05, 0) is 50.4 Å². The Labute approximate surface area is 104 Å². The smallest absolute Gasteiger partial charge is 0.330 e. The van der Waals surface area contributed by atoms with E-state index in [1.165, 1.54) is 44.6 Å². The molecular formula is C15H24O2. The Kier molecular flexibility index (Phi) is 3.60. The molecule has 96 valence electrons. The van der Waals surface area contributed by atoms with E-state index in [0.29, 0.717) is 11.8 Å². The third-order valence-electron chi connectivity index (χ3n) is 5.03. The number of rotatable bonds is 3. The van der Waals surface area contributed by atoms with Crippen LogP contribution in [0.1, 0.15) is 52.4 Å². The maximum Gasteiger partial charge on any atom is 0.330 e. The summed E-state index contributed by atoms with van der Waals surface area (Å²) in [4.78, 5) is 11.5. The first kappa shape index (κ1) is 12.7. The highest BCUT2D eigenvalue weighted by Gasteiger charge is 2.50. The van der Waals surface area contributed by atoms with Crippen molar-refractivity contribution in [3.05, 3.63) is 12.7 Å². The van der Waals surface area contributed by atoms with Gasteiger partial charge in [-0.1, -0.05) is 26.3 Å². The number of ether oxygens (including phenoxy) is 1. The molecule has 2 fully saturated rings. The number of esters is 1. The Balaban J connectivity index is 2.16. The van der Waals surface area contributed by atoms with Crippen LogP contribution in [0.2, 0.25) is 0 Å². The van der Waals surface area contributed by atoms with Gasteiger partial charge >= 0.3 is 5.97 Å². The first-order valence-corrected chi connectivity index (χ1v) is 6.95. The third kappa shape index (κ3) is 2.27. The first-order valence-electron chi connectivity index (χ1n) is 6.95. The van der Waals surface area contributed by atoms with Crippen LogP contribution in [0.15, 0.2) is 12.7 Å². The van der Waals surface area contributed by atoms with Gasteiger partial charge in [-0.2, -0.15) is 0 Å². The molecule has 2 unspecified atom stereocenters. The van der Waals surface area contributed by atoms with Crippen LogP contribution in [-0.2, 0) is 9.53 Å². The summed E-state index contributed by atoms with van der Waals surface area (Å²) in [5.74, 6) is 1.70. The van der Waals surface area contributed by atoms with Crippen LogP contribution in [0.4, 0.5) is 0 Å². The standard InChI is InChI=1S/C15H24O2/c1-4-11-9-12-7-6-8-13(10-11)15(12,3)17-14(16)5-2/h5,11-13H,2,4,6-10H2,1,3H3. The highest BCUT2D eigenvalue weighted by atomic mass is 16.6. The zero-order valence-corrected chi connectivity index (χ0v) is 11.1. The van der Waals surface area contributed by atoms with Gasteiger partial charge in [0.05, 0.1) is 0 Å². The Morgan fingerprint density at radius 2 is 2.00 bits per heavy atom. The van der Waals surface area contributed by atoms with Crippen LogP contribution < -0.4 is 0 Å². The van der Waals surface area contributed by atoms with Crippen molar-refractivity contribution in [2.45, 2.75) is 58.0 Å². The normalized spacial score (nSPS) is 40.7. The highest BCUT2D eigenvalue weighted by molar-refractivity contribution is 5.81. The number of hydrogen-bond acceptors (Lipinski definition) is 2. The van der Waals surface area contributed by atoms with E-state index in [1.54, 1.807) is 0 Å². The summed E-state index contributed by atoms with van der Waals surface area (Å²) in [6.07, 6.45) is 8.75. The minimum absolute atomic E-state index is 0.227. The molecule has 0 amide bonds. The Morgan fingerprint density at radius 3 is 2.47 bits per heavy atom. The lowest BCUT2D eigenvalue weighted by Crippen LogP contribution is -2.53. The largest absolute Gasteiger partial charge is 0.456 e. The lowest BCUT2D eigenvalue weighted by atomic mass is 9.59. The Morgan fingerprint density at radius 1 is 1.41 bits per heavy atom. The van der Waals surface area contributed by atoms with Crippen molar-refractivity contribution >= 4 is 5.97 Å². The summed E-state index contributed by atoms with van der Waals surface area (Å²) in [5, 5.41) is 0. The minimum atomic E-state index is -0.251. The van der Waals surface area contributed by atoms with Gasteiger partial charge in [0, 0.05) is 6.08 Å². The van der Waals surface area contributed by atoms with Crippen LogP contribution >= 0.6 is 0 Å². The Bertz CT molecular complexity index is 294. The van der Waals surface area contributed by atoms with Crippen LogP contribution in [-0.4, -0.2) is 11.6 Å². The molecule has 2 aliphatic rings. The maximum atomic E-state index is 11.5. The predicted octanol–water partition coefficient (Wildman–Crippen LogP) is 3.71. The monoisotopic (exact) mass is 236 g/mol. The Hall–Kier alpha value is -0.790. The molecule has 0 aromatic carbocycles. The van der Waals surface area contributed by atoms with Gasteiger partial charge in [0.1, 0.15) is 5.60 Å². The fraction of sp³-hybridized carbons (Fsp3) is 0.800. The van der Waals surface area contributed by atoms with Gasteiger partial charge in [0.2, 0.25) is 0 Å². The van der Waals surface area contributed by atoms with Crippen molar-refractivity contribution in [1.82, 2.24) is 0 Å². The molecule has 0 radical (unpaired) electrons. The van der Waals surface area contributed by atoms with E-state index in [9.17, 15) is 4.79 Å². The maximum absolute atomic E-state index is 11.5. The van der Waals surface area contributed by atoms with Gasteiger partial charge < -0.3 is 4.74 Å². The molecule has 0 aliphatic heterocycles. The molecule has 2 aliphatic carbocycles. The zero-order chi connectivity index (χ0) is 12.5. The topological polar surface area (TPSA) is 26.3 Å². The van der Waals surface area contributed by atoms with E-state index in [1.807, 2.05) is 0 Å². The van der Waals surface area contributed by atoms with Crippen LogP contribution in [0.25, 0.3) is 0 Å². The number of carbonyl (C=O) groups excluding carboxylic acids is 1. The van der Waals surface area contributed by atoms with Gasteiger partial charge in [0.15, 0.2) is 0 Å². The summed E-state index contributed by atoms with van der Waals surface area (Å²) in [5.41, 5.74) is -0.227. The number of carbonyl (C=O) groups is 1. The highest BCUT2D eigenvalue weighted by Crippen LogP contribution is 2.51. The predicted molar refractivity (Wildman–Crippen MR) is 68.5 cm³/mol. The van der Waals surface area contributed by atoms with E-state index in [4.69, 9.17) is 4.74 Å². The van der Waals surface area contributed by atoms with E-state index in [0.717, 1.165) is 5.92 Å². The second-order valence-electron chi connectivity index (χ2n) is 5.88. The lowest BCUT2D eigenvalue weighted by Gasteiger charge is -2.52. The summed E-state index contributed by atoms with van der Waals surface area (Å²) < 4.78 is 5.73. The fourth-order valence-electron chi connectivity index (χ4n) is 3.88.